The number of rotatable bonds is 3. The molecular weight excluding hydrogens is 461 g/mol. The van der Waals surface area contributed by atoms with Crippen molar-refractivity contribution in [2.24, 2.45) is 0 Å². The Kier molecular flexibility index (Phi) is 8.79. The van der Waals surface area contributed by atoms with Crippen LogP contribution in [0, 0.1) is 22.4 Å². The van der Waals surface area contributed by atoms with Crippen molar-refractivity contribution in [2.45, 2.75) is 16.7 Å². The Labute approximate surface area is 199 Å². The van der Waals surface area contributed by atoms with Crippen LogP contribution in [0.5, 0.6) is 0 Å². The smallest absolute Gasteiger partial charge is 0.744 e. The Bertz CT molecular complexity index is 1330. The molecule has 3 aromatic carbocycles. The molecule has 0 fully saturated rings. The van der Waals surface area contributed by atoms with E-state index in [1.165, 1.54) is 42.5 Å². The SMILES string of the molecule is Cc1ccc([N+](=O)[O-])cc1[N+]#N.O=S(=O)([O-])c1cccc2c(S(=O)(=O)O)cccc12.[Na+]. The summed E-state index contributed by atoms with van der Waals surface area (Å²) in [4.78, 5) is 11.7. The molecule has 0 radical (unpaired) electrons. The van der Waals surface area contributed by atoms with Gasteiger partial charge in [0.15, 0.2) is 4.98 Å². The molecule has 0 spiro atoms. The predicted octanol–water partition coefficient (Wildman–Crippen LogP) is 0.382. The van der Waals surface area contributed by atoms with Crippen LogP contribution in [0.25, 0.3) is 15.7 Å². The van der Waals surface area contributed by atoms with Gasteiger partial charge in [-0.3, -0.25) is 14.7 Å². The molecule has 0 amide bonds. The number of nitro benzene ring substituents is 1. The van der Waals surface area contributed by atoms with Gasteiger partial charge in [0.2, 0.25) is 5.39 Å². The minimum atomic E-state index is -4.72. The molecule has 0 aromatic heterocycles. The largest absolute Gasteiger partial charge is 1.00 e. The molecule has 0 unspecified atom stereocenters. The first-order valence-electron chi connectivity index (χ1n) is 7.91. The molecule has 1 N–H and O–H groups in total. The Hall–Kier alpha value is -2.44. The van der Waals surface area contributed by atoms with Crippen molar-refractivity contribution >= 4 is 42.4 Å². The summed E-state index contributed by atoms with van der Waals surface area (Å²) in [5, 5.41) is 18.6. The molecule has 0 saturated carbocycles. The first-order chi connectivity index (χ1) is 13.9. The molecule has 3 aromatic rings. The second kappa shape index (κ2) is 10.2. The molecule has 0 atom stereocenters. The fourth-order valence-corrected chi connectivity index (χ4v) is 3.91. The number of nitrogens with zero attached hydrogens (tertiary/aromatic N) is 3. The van der Waals surface area contributed by atoms with Gasteiger partial charge in [0, 0.05) is 22.4 Å². The molecule has 31 heavy (non-hydrogen) atoms. The third-order valence-corrected chi connectivity index (χ3v) is 5.71. The second-order valence-electron chi connectivity index (χ2n) is 5.86. The van der Waals surface area contributed by atoms with Gasteiger partial charge in [-0.2, -0.15) is 8.42 Å². The Morgan fingerprint density at radius 3 is 1.94 bits per heavy atom. The molecule has 11 nitrogen and oxygen atoms in total. The summed E-state index contributed by atoms with van der Waals surface area (Å²) < 4.78 is 64.4. The summed E-state index contributed by atoms with van der Waals surface area (Å²) in [5.41, 5.74) is 0.848. The van der Waals surface area contributed by atoms with Gasteiger partial charge >= 0.3 is 35.2 Å². The zero-order valence-electron chi connectivity index (χ0n) is 16.2. The standard InChI is InChI=1S/C10H8O6S2.C7H6N3O2.Na/c11-17(12,13)9-5-1-3-7-8(9)4-2-6-10(7)18(14,15)16;1-5-2-3-6(10(11)12)4-7(5)9-8;/h1-6H,(H,11,12,13)(H,14,15,16);2-4H,1H3;/q;2*+1/p-1. The number of fused-ring (bicyclic) bond motifs is 1. The number of hydrogen-bond acceptors (Lipinski definition) is 8. The topological polar surface area (TPSA) is 183 Å². The van der Waals surface area contributed by atoms with E-state index in [0.29, 0.717) is 5.56 Å². The number of hydrogen-bond donors (Lipinski definition) is 1. The van der Waals surface area contributed by atoms with E-state index in [-0.39, 0.29) is 51.7 Å². The molecule has 0 aliphatic carbocycles. The summed E-state index contributed by atoms with van der Waals surface area (Å²) in [6.45, 7) is 1.71. The van der Waals surface area contributed by atoms with Crippen molar-refractivity contribution in [2.75, 3.05) is 0 Å². The fourth-order valence-electron chi connectivity index (χ4n) is 2.51. The van der Waals surface area contributed by atoms with Crippen molar-refractivity contribution in [1.82, 2.24) is 0 Å². The van der Waals surface area contributed by atoms with E-state index < -0.39 is 35.0 Å². The van der Waals surface area contributed by atoms with E-state index in [2.05, 4.69) is 4.98 Å². The third-order valence-electron chi connectivity index (χ3n) is 3.90. The fraction of sp³-hybridized carbons (Fsp3) is 0.0588. The van der Waals surface area contributed by atoms with E-state index in [0.717, 1.165) is 12.1 Å². The maximum Gasteiger partial charge on any atom is 1.00 e. The van der Waals surface area contributed by atoms with Gasteiger partial charge in [-0.25, -0.2) is 8.42 Å². The van der Waals surface area contributed by atoms with E-state index in [4.69, 9.17) is 9.95 Å². The van der Waals surface area contributed by atoms with Gasteiger partial charge in [-0.05, 0) is 25.1 Å². The van der Waals surface area contributed by atoms with Crippen LogP contribution in [0.2, 0.25) is 0 Å². The van der Waals surface area contributed by atoms with Crippen LogP contribution in [-0.2, 0) is 20.2 Å². The normalized spacial score (nSPS) is 10.9. The van der Waals surface area contributed by atoms with Gasteiger partial charge in [-0.15, -0.1) is 0 Å². The van der Waals surface area contributed by atoms with Crippen LogP contribution >= 0.6 is 0 Å². The van der Waals surface area contributed by atoms with Crippen molar-refractivity contribution in [3.63, 3.8) is 0 Å². The van der Waals surface area contributed by atoms with Gasteiger partial charge < -0.3 is 4.55 Å². The van der Waals surface area contributed by atoms with E-state index in [1.807, 2.05) is 0 Å². The van der Waals surface area contributed by atoms with Gasteiger partial charge in [0.05, 0.1) is 9.82 Å². The third kappa shape index (κ3) is 6.52. The zero-order chi connectivity index (χ0) is 22.7. The molecule has 0 heterocycles. The summed E-state index contributed by atoms with van der Waals surface area (Å²) in [6, 6.07) is 11.4. The number of non-ortho nitro benzene ring substituents is 1. The number of diazo groups is 1. The van der Waals surface area contributed by atoms with Crippen molar-refractivity contribution in [1.29, 1.82) is 5.39 Å². The van der Waals surface area contributed by atoms with Crippen molar-refractivity contribution in [3.8, 4) is 0 Å². The van der Waals surface area contributed by atoms with E-state index in [9.17, 15) is 31.5 Å². The van der Waals surface area contributed by atoms with Gasteiger partial charge in [-0.1, -0.05) is 24.3 Å². The van der Waals surface area contributed by atoms with E-state index in [1.54, 1.807) is 6.92 Å². The molecule has 3 rings (SSSR count). The molecule has 14 heteroatoms. The van der Waals surface area contributed by atoms with Gasteiger partial charge in [0.1, 0.15) is 21.1 Å². The Balaban J connectivity index is 0.000000324. The molecule has 0 saturated heterocycles. The summed E-state index contributed by atoms with van der Waals surface area (Å²) in [6.07, 6.45) is 0. The summed E-state index contributed by atoms with van der Waals surface area (Å²) >= 11 is 0. The molecule has 0 aliphatic rings. The first-order valence-corrected chi connectivity index (χ1v) is 10.8. The minimum Gasteiger partial charge on any atom is -0.744 e. The number of nitro groups is 1. The first kappa shape index (κ1) is 26.6. The Morgan fingerprint density at radius 2 is 1.48 bits per heavy atom. The van der Waals surface area contributed by atoms with Crippen LogP contribution in [0.3, 0.4) is 0 Å². The zero-order valence-corrected chi connectivity index (χ0v) is 19.8. The van der Waals surface area contributed by atoms with Crippen molar-refractivity contribution in [3.05, 3.63) is 75.3 Å². The summed E-state index contributed by atoms with van der Waals surface area (Å²) in [5.74, 6) is 0. The quantitative estimate of drug-likeness (QED) is 0.184. The molecular formula is C17H13N3NaO8S2+. The summed E-state index contributed by atoms with van der Waals surface area (Å²) in [7, 11) is -9.21. The van der Waals surface area contributed by atoms with Crippen LogP contribution < -0.4 is 29.6 Å². The van der Waals surface area contributed by atoms with Crippen molar-refractivity contribution < 1.29 is 60.4 Å². The number of benzene rings is 3. The minimum absolute atomic E-state index is 0. The maximum atomic E-state index is 11.1. The van der Waals surface area contributed by atoms with Crippen LogP contribution in [0.4, 0.5) is 11.4 Å². The monoisotopic (exact) mass is 474 g/mol. The predicted molar refractivity (Wildman–Crippen MR) is 104 cm³/mol. The number of aryl methyl sites for hydroxylation is 1. The van der Waals surface area contributed by atoms with Crippen LogP contribution in [0.1, 0.15) is 5.56 Å². The average Bonchev–Trinajstić information content (AvgIpc) is 2.66. The second-order valence-corrected chi connectivity index (χ2v) is 8.60. The molecule has 156 valence electrons. The Morgan fingerprint density at radius 1 is 0.968 bits per heavy atom. The molecule has 0 bridgehead atoms. The maximum absolute atomic E-state index is 11.1. The van der Waals surface area contributed by atoms with Gasteiger partial charge in [0.25, 0.3) is 15.8 Å². The average molecular weight is 474 g/mol. The van der Waals surface area contributed by atoms with Crippen LogP contribution in [0.15, 0.2) is 64.4 Å². The van der Waals surface area contributed by atoms with E-state index >= 15 is 0 Å². The van der Waals surface area contributed by atoms with Crippen LogP contribution in [-0.4, -0.2) is 30.9 Å². The molecule has 0 aliphatic heterocycles.